The van der Waals surface area contributed by atoms with Crippen molar-refractivity contribution in [3.05, 3.63) is 0 Å². The molecule has 0 aliphatic heterocycles. The van der Waals surface area contributed by atoms with Crippen molar-refractivity contribution in [2.45, 2.75) is 53.0 Å². The van der Waals surface area contributed by atoms with E-state index in [1.54, 1.807) is 0 Å². The van der Waals surface area contributed by atoms with Crippen LogP contribution in [-0.2, 0) is 4.79 Å². The van der Waals surface area contributed by atoms with Crippen LogP contribution < -0.4 is 10.6 Å². The van der Waals surface area contributed by atoms with E-state index in [2.05, 4.69) is 10.6 Å². The molecule has 5 heteroatoms. The Hall–Kier alpha value is -1.26. The molecule has 0 aromatic rings. The molecule has 0 aliphatic rings. The summed E-state index contributed by atoms with van der Waals surface area (Å²) < 4.78 is 0. The third-order valence-corrected chi connectivity index (χ3v) is 2.88. The number of carbonyl (C=O) groups is 2. The largest absolute Gasteiger partial charge is 0.481 e. The van der Waals surface area contributed by atoms with Crippen molar-refractivity contribution >= 4 is 12.0 Å². The van der Waals surface area contributed by atoms with Crippen LogP contribution in [0.4, 0.5) is 4.79 Å². The third-order valence-electron chi connectivity index (χ3n) is 2.88. The molecule has 0 aliphatic carbocycles. The zero-order valence-corrected chi connectivity index (χ0v) is 11.4. The fraction of sp³-hybridized carbons (Fsp3) is 0.833. The minimum Gasteiger partial charge on any atom is -0.481 e. The van der Waals surface area contributed by atoms with Crippen molar-refractivity contribution in [2.75, 3.05) is 6.54 Å². The van der Waals surface area contributed by atoms with Crippen molar-refractivity contribution in [1.29, 1.82) is 0 Å². The van der Waals surface area contributed by atoms with Gasteiger partial charge in [-0.1, -0.05) is 13.8 Å². The number of rotatable bonds is 5. The molecule has 0 aromatic heterocycles. The Bertz CT molecular complexity index is 278. The number of hydrogen-bond donors (Lipinski definition) is 3. The minimum atomic E-state index is -0.866. The van der Waals surface area contributed by atoms with E-state index in [1.807, 2.05) is 34.6 Å². The number of urea groups is 1. The number of nitrogens with one attached hydrogen (secondary N) is 2. The molecule has 0 saturated carbocycles. The summed E-state index contributed by atoms with van der Waals surface area (Å²) in [5.74, 6) is -0.862. The molecule has 0 saturated heterocycles. The van der Waals surface area contributed by atoms with Gasteiger partial charge in [-0.05, 0) is 33.6 Å². The molecule has 0 rings (SSSR count). The lowest BCUT2D eigenvalue weighted by Crippen LogP contribution is -2.50. The predicted molar refractivity (Wildman–Crippen MR) is 66.9 cm³/mol. The molecular formula is C12H24N2O3. The summed E-state index contributed by atoms with van der Waals surface area (Å²) in [6, 6.07) is -0.329. The highest BCUT2D eigenvalue weighted by atomic mass is 16.4. The van der Waals surface area contributed by atoms with E-state index < -0.39 is 11.4 Å². The van der Waals surface area contributed by atoms with Gasteiger partial charge >= 0.3 is 12.0 Å². The highest BCUT2D eigenvalue weighted by Crippen LogP contribution is 2.25. The monoisotopic (exact) mass is 244 g/mol. The topological polar surface area (TPSA) is 78.4 Å². The summed E-state index contributed by atoms with van der Waals surface area (Å²) in [5, 5.41) is 14.6. The van der Waals surface area contributed by atoms with Crippen LogP contribution in [0.1, 0.15) is 47.5 Å². The second kappa shape index (κ2) is 5.89. The molecule has 0 bridgehead atoms. The second-order valence-corrected chi connectivity index (χ2v) is 5.35. The van der Waals surface area contributed by atoms with E-state index >= 15 is 0 Å². The smallest absolute Gasteiger partial charge is 0.315 e. The third kappa shape index (κ3) is 5.06. The minimum absolute atomic E-state index is 0.150. The van der Waals surface area contributed by atoms with Crippen LogP contribution in [0.3, 0.4) is 0 Å². The van der Waals surface area contributed by atoms with Gasteiger partial charge in [-0.2, -0.15) is 0 Å². The number of hydrogen-bond acceptors (Lipinski definition) is 2. The lowest BCUT2D eigenvalue weighted by molar-refractivity contribution is -0.149. The molecule has 0 unspecified atom stereocenters. The van der Waals surface area contributed by atoms with E-state index in [9.17, 15) is 14.7 Å². The maximum Gasteiger partial charge on any atom is 0.315 e. The first-order chi connectivity index (χ1) is 7.67. The first-order valence-electron chi connectivity index (χ1n) is 5.96. The SMILES string of the molecule is CCC(CC)(CNC(=O)NC(C)(C)C)C(=O)O. The maximum absolute atomic E-state index is 11.5. The summed E-state index contributed by atoms with van der Waals surface area (Å²) in [5.41, 5.74) is -1.19. The summed E-state index contributed by atoms with van der Waals surface area (Å²) in [7, 11) is 0. The van der Waals surface area contributed by atoms with E-state index in [0.717, 1.165) is 0 Å². The molecule has 17 heavy (non-hydrogen) atoms. The highest BCUT2D eigenvalue weighted by Gasteiger charge is 2.35. The van der Waals surface area contributed by atoms with Crippen LogP contribution in [0.25, 0.3) is 0 Å². The van der Waals surface area contributed by atoms with Gasteiger partial charge in [0, 0.05) is 12.1 Å². The summed E-state index contributed by atoms with van der Waals surface area (Å²) in [4.78, 5) is 22.8. The first kappa shape index (κ1) is 15.7. The van der Waals surface area contributed by atoms with Gasteiger partial charge in [-0.3, -0.25) is 4.79 Å². The van der Waals surface area contributed by atoms with Gasteiger partial charge in [0.2, 0.25) is 0 Å². The van der Waals surface area contributed by atoms with E-state index in [-0.39, 0.29) is 18.1 Å². The van der Waals surface area contributed by atoms with Crippen LogP contribution in [0.15, 0.2) is 0 Å². The van der Waals surface area contributed by atoms with E-state index in [0.29, 0.717) is 12.8 Å². The van der Waals surface area contributed by atoms with Gasteiger partial charge in [0.05, 0.1) is 5.41 Å². The number of amides is 2. The van der Waals surface area contributed by atoms with Crippen molar-refractivity contribution in [3.8, 4) is 0 Å². The average Bonchev–Trinajstić information content (AvgIpc) is 2.17. The Labute approximate surface area is 103 Å². The van der Waals surface area contributed by atoms with Gasteiger partial charge < -0.3 is 15.7 Å². The number of carbonyl (C=O) groups excluding carboxylic acids is 1. The van der Waals surface area contributed by atoms with Crippen molar-refractivity contribution < 1.29 is 14.7 Å². The van der Waals surface area contributed by atoms with Gasteiger partial charge in [-0.15, -0.1) is 0 Å². The van der Waals surface area contributed by atoms with E-state index in [4.69, 9.17) is 0 Å². The summed E-state index contributed by atoms with van der Waals surface area (Å²) >= 11 is 0. The standard InChI is InChI=1S/C12H24N2O3/c1-6-12(7-2,9(15)16)8-13-10(17)14-11(3,4)5/h6-8H2,1-5H3,(H,15,16)(H2,13,14,17). The van der Waals surface area contributed by atoms with Crippen molar-refractivity contribution in [1.82, 2.24) is 10.6 Å². The molecule has 0 spiro atoms. The maximum atomic E-state index is 11.5. The predicted octanol–water partition coefficient (Wildman–Crippen LogP) is 1.98. The molecule has 0 atom stereocenters. The van der Waals surface area contributed by atoms with Crippen LogP contribution in [0.5, 0.6) is 0 Å². The van der Waals surface area contributed by atoms with Crippen LogP contribution in [-0.4, -0.2) is 29.2 Å². The van der Waals surface area contributed by atoms with Crippen molar-refractivity contribution in [2.24, 2.45) is 5.41 Å². The molecular weight excluding hydrogens is 220 g/mol. The molecule has 5 nitrogen and oxygen atoms in total. The molecule has 0 radical (unpaired) electrons. The van der Waals surface area contributed by atoms with Gasteiger partial charge in [0.15, 0.2) is 0 Å². The van der Waals surface area contributed by atoms with Crippen LogP contribution >= 0.6 is 0 Å². The average molecular weight is 244 g/mol. The Morgan fingerprint density at radius 2 is 1.59 bits per heavy atom. The Morgan fingerprint density at radius 3 is 1.88 bits per heavy atom. The molecule has 0 heterocycles. The van der Waals surface area contributed by atoms with Gasteiger partial charge in [0.25, 0.3) is 0 Å². The molecule has 0 fully saturated rings. The molecule has 3 N–H and O–H groups in total. The van der Waals surface area contributed by atoms with E-state index in [1.165, 1.54) is 0 Å². The highest BCUT2D eigenvalue weighted by molar-refractivity contribution is 5.78. The fourth-order valence-electron chi connectivity index (χ4n) is 1.51. The molecule has 0 aromatic carbocycles. The zero-order valence-electron chi connectivity index (χ0n) is 11.4. The second-order valence-electron chi connectivity index (χ2n) is 5.35. The summed E-state index contributed by atoms with van der Waals surface area (Å²) in [6.45, 7) is 9.41. The lowest BCUT2D eigenvalue weighted by Gasteiger charge is -2.28. The Morgan fingerprint density at radius 1 is 1.12 bits per heavy atom. The quantitative estimate of drug-likeness (QED) is 0.692. The van der Waals surface area contributed by atoms with Gasteiger partial charge in [-0.25, -0.2) is 4.79 Å². The fourth-order valence-corrected chi connectivity index (χ4v) is 1.51. The lowest BCUT2D eigenvalue weighted by atomic mass is 9.82. The van der Waals surface area contributed by atoms with Crippen LogP contribution in [0.2, 0.25) is 0 Å². The first-order valence-corrected chi connectivity index (χ1v) is 5.96. The summed E-state index contributed by atoms with van der Waals surface area (Å²) in [6.07, 6.45) is 0.989. The van der Waals surface area contributed by atoms with Gasteiger partial charge in [0.1, 0.15) is 0 Å². The zero-order chi connectivity index (χ0) is 13.7. The normalized spacial score (nSPS) is 12.1. The number of carboxylic acids is 1. The van der Waals surface area contributed by atoms with Crippen molar-refractivity contribution in [3.63, 3.8) is 0 Å². The molecule has 100 valence electrons. The number of carboxylic acid groups (broad SMARTS) is 1. The molecule has 2 amide bonds. The number of aliphatic carboxylic acids is 1. The van der Waals surface area contributed by atoms with Crippen LogP contribution in [0, 0.1) is 5.41 Å². The Kier molecular flexibility index (Phi) is 5.45. The Balaban J connectivity index is 4.43.